The summed E-state index contributed by atoms with van der Waals surface area (Å²) in [5.41, 5.74) is 3.18. The normalized spacial score (nSPS) is 10.8. The van der Waals surface area contributed by atoms with Crippen molar-refractivity contribution in [2.24, 2.45) is 5.10 Å². The van der Waals surface area contributed by atoms with Crippen molar-refractivity contribution in [3.05, 3.63) is 71.8 Å². The third-order valence-electron chi connectivity index (χ3n) is 3.93. The van der Waals surface area contributed by atoms with E-state index in [4.69, 9.17) is 4.74 Å². The maximum absolute atomic E-state index is 12.3. The van der Waals surface area contributed by atoms with Crippen molar-refractivity contribution >= 4 is 28.9 Å². The van der Waals surface area contributed by atoms with Crippen LogP contribution in [0.15, 0.2) is 65.8 Å². The van der Waals surface area contributed by atoms with Crippen molar-refractivity contribution in [3.63, 3.8) is 0 Å². The zero-order valence-electron chi connectivity index (χ0n) is 15.1. The van der Waals surface area contributed by atoms with Crippen LogP contribution in [-0.2, 0) is 9.53 Å². The number of benzene rings is 3. The number of amides is 1. The molecule has 0 aromatic heterocycles. The molecule has 0 fully saturated rings. The molecule has 0 heterocycles. The zero-order chi connectivity index (χ0) is 19.9. The molecule has 2 N–H and O–H groups in total. The average molecular weight is 378 g/mol. The molecule has 3 aromatic carbocycles. The van der Waals surface area contributed by atoms with Gasteiger partial charge in [0.25, 0.3) is 5.91 Å². The fourth-order valence-electron chi connectivity index (χ4n) is 2.52. The first kappa shape index (κ1) is 18.9. The highest BCUT2D eigenvalue weighted by atomic mass is 16.6. The van der Waals surface area contributed by atoms with Crippen LogP contribution in [0.2, 0.25) is 0 Å². The molecule has 7 heteroatoms. The molecule has 0 aliphatic heterocycles. The molecule has 3 aromatic rings. The van der Waals surface area contributed by atoms with Crippen LogP contribution in [0.3, 0.4) is 0 Å². The molecule has 28 heavy (non-hydrogen) atoms. The number of phenols is 1. The number of carbonyl (C=O) groups excluding carboxylic acids is 2. The number of hydrogen-bond acceptors (Lipinski definition) is 6. The Hall–Kier alpha value is -3.87. The van der Waals surface area contributed by atoms with E-state index in [1.165, 1.54) is 19.4 Å². The van der Waals surface area contributed by atoms with E-state index in [-0.39, 0.29) is 17.9 Å². The second-order valence-corrected chi connectivity index (χ2v) is 5.85. The number of fused-ring (bicyclic) bond motifs is 1. The first-order valence-corrected chi connectivity index (χ1v) is 8.41. The summed E-state index contributed by atoms with van der Waals surface area (Å²) in [5, 5.41) is 15.7. The second-order valence-electron chi connectivity index (χ2n) is 5.85. The molecule has 0 saturated heterocycles. The molecular formula is C21H18N2O5. The highest BCUT2D eigenvalue weighted by molar-refractivity contribution is 6.01. The predicted octanol–water partition coefficient (Wildman–Crippen LogP) is 2.86. The first-order chi connectivity index (χ1) is 13.6. The largest absolute Gasteiger partial charge is 0.507 e. The molecule has 0 aliphatic carbocycles. The number of hydrogen-bond donors (Lipinski definition) is 2. The average Bonchev–Trinajstić information content (AvgIpc) is 2.71. The molecule has 0 aliphatic rings. The molecule has 7 nitrogen and oxygen atoms in total. The maximum atomic E-state index is 12.3. The van der Waals surface area contributed by atoms with Gasteiger partial charge >= 0.3 is 5.97 Å². The predicted molar refractivity (Wildman–Crippen MR) is 105 cm³/mol. The Morgan fingerprint density at radius 1 is 1.07 bits per heavy atom. The van der Waals surface area contributed by atoms with Gasteiger partial charge < -0.3 is 14.6 Å². The Morgan fingerprint density at radius 3 is 2.57 bits per heavy atom. The van der Waals surface area contributed by atoms with E-state index in [1.54, 1.807) is 30.3 Å². The van der Waals surface area contributed by atoms with Crippen LogP contribution in [0.25, 0.3) is 10.8 Å². The summed E-state index contributed by atoms with van der Waals surface area (Å²) in [6.07, 6.45) is 1.43. The number of nitrogens with one attached hydrogen (secondary N) is 1. The fraction of sp³-hybridized carbons (Fsp3) is 0.0952. The lowest BCUT2D eigenvalue weighted by Crippen LogP contribution is -2.17. The molecule has 1 amide bonds. The first-order valence-electron chi connectivity index (χ1n) is 8.41. The van der Waals surface area contributed by atoms with Gasteiger partial charge in [0.2, 0.25) is 0 Å². The summed E-state index contributed by atoms with van der Waals surface area (Å²) >= 11 is 0. The number of phenolic OH excluding ortho intramolecular Hbond substituents is 1. The summed E-state index contributed by atoms with van der Waals surface area (Å²) in [6.45, 7) is -0.199. The quantitative estimate of drug-likeness (QED) is 0.391. The van der Waals surface area contributed by atoms with Gasteiger partial charge in [0.15, 0.2) is 6.61 Å². The molecule has 0 radical (unpaired) electrons. The molecule has 0 atom stereocenters. The monoisotopic (exact) mass is 378 g/mol. The van der Waals surface area contributed by atoms with Gasteiger partial charge in [0, 0.05) is 0 Å². The molecular weight excluding hydrogens is 360 g/mol. The van der Waals surface area contributed by atoms with Gasteiger partial charge in [0.1, 0.15) is 11.5 Å². The van der Waals surface area contributed by atoms with Crippen molar-refractivity contribution in [2.75, 3.05) is 13.7 Å². The SMILES string of the molecule is COC(=O)COc1cccc(/C=N\NC(=O)c2cc3ccccc3cc2O)c1. The molecule has 0 bridgehead atoms. The maximum Gasteiger partial charge on any atom is 0.343 e. The topological polar surface area (TPSA) is 97.2 Å². The van der Waals surface area contributed by atoms with E-state index in [2.05, 4.69) is 15.3 Å². The van der Waals surface area contributed by atoms with Gasteiger partial charge in [-0.05, 0) is 40.6 Å². The van der Waals surface area contributed by atoms with Crippen molar-refractivity contribution < 1.29 is 24.2 Å². The fourth-order valence-corrected chi connectivity index (χ4v) is 2.52. The Kier molecular flexibility index (Phi) is 5.86. The summed E-state index contributed by atoms with van der Waals surface area (Å²) in [6, 6.07) is 17.4. The number of ether oxygens (including phenoxy) is 2. The second kappa shape index (κ2) is 8.68. The Morgan fingerprint density at radius 2 is 1.82 bits per heavy atom. The van der Waals surface area contributed by atoms with Crippen LogP contribution in [0.1, 0.15) is 15.9 Å². The van der Waals surface area contributed by atoms with Crippen LogP contribution in [0.4, 0.5) is 0 Å². The van der Waals surface area contributed by atoms with Gasteiger partial charge in [-0.3, -0.25) is 4.79 Å². The molecule has 3 rings (SSSR count). The van der Waals surface area contributed by atoms with E-state index in [0.717, 1.165) is 10.8 Å². The number of carbonyl (C=O) groups is 2. The van der Waals surface area contributed by atoms with Gasteiger partial charge in [0.05, 0.1) is 18.9 Å². The minimum absolute atomic E-state index is 0.121. The summed E-state index contributed by atoms with van der Waals surface area (Å²) in [7, 11) is 1.28. The number of esters is 1. The molecule has 0 saturated carbocycles. The number of hydrazone groups is 1. The number of methoxy groups -OCH3 is 1. The lowest BCUT2D eigenvalue weighted by molar-refractivity contribution is -0.142. The van der Waals surface area contributed by atoms with Gasteiger partial charge in [-0.1, -0.05) is 36.4 Å². The lowest BCUT2D eigenvalue weighted by Gasteiger charge is -2.06. The third-order valence-corrected chi connectivity index (χ3v) is 3.93. The smallest absolute Gasteiger partial charge is 0.343 e. The highest BCUT2D eigenvalue weighted by Crippen LogP contribution is 2.24. The van der Waals surface area contributed by atoms with Gasteiger partial charge in [-0.2, -0.15) is 5.10 Å². The van der Waals surface area contributed by atoms with Crippen LogP contribution in [0.5, 0.6) is 11.5 Å². The van der Waals surface area contributed by atoms with Crippen LogP contribution in [-0.4, -0.2) is 36.9 Å². The van der Waals surface area contributed by atoms with E-state index >= 15 is 0 Å². The Labute approximate surface area is 161 Å². The Bertz CT molecular complexity index is 1050. The Balaban J connectivity index is 1.67. The summed E-state index contributed by atoms with van der Waals surface area (Å²) < 4.78 is 9.81. The number of aromatic hydroxyl groups is 1. The van der Waals surface area contributed by atoms with Crippen LogP contribution < -0.4 is 10.2 Å². The third kappa shape index (κ3) is 4.64. The van der Waals surface area contributed by atoms with Crippen molar-refractivity contribution in [2.45, 2.75) is 0 Å². The highest BCUT2D eigenvalue weighted by Gasteiger charge is 2.11. The van der Waals surface area contributed by atoms with Crippen molar-refractivity contribution in [1.29, 1.82) is 0 Å². The van der Waals surface area contributed by atoms with Crippen LogP contribution >= 0.6 is 0 Å². The molecule has 0 unspecified atom stereocenters. The lowest BCUT2D eigenvalue weighted by atomic mass is 10.1. The zero-order valence-corrected chi connectivity index (χ0v) is 15.1. The van der Waals surface area contributed by atoms with E-state index in [9.17, 15) is 14.7 Å². The number of nitrogens with zero attached hydrogens (tertiary/aromatic N) is 1. The standard InChI is InChI=1S/C21H18N2O5/c1-27-20(25)13-28-17-8-4-5-14(9-17)12-22-23-21(26)18-10-15-6-2-3-7-16(15)11-19(18)24/h2-12,24H,13H2,1H3,(H,23,26)/b22-12-. The van der Waals surface area contributed by atoms with Crippen molar-refractivity contribution in [1.82, 2.24) is 5.43 Å². The van der Waals surface area contributed by atoms with E-state index < -0.39 is 11.9 Å². The summed E-state index contributed by atoms with van der Waals surface area (Å²) in [5.74, 6) is -0.670. The minimum atomic E-state index is -0.530. The van der Waals surface area contributed by atoms with Crippen LogP contribution in [0, 0.1) is 0 Å². The molecule has 142 valence electrons. The molecule has 0 spiro atoms. The van der Waals surface area contributed by atoms with Crippen molar-refractivity contribution in [3.8, 4) is 11.5 Å². The van der Waals surface area contributed by atoms with Gasteiger partial charge in [-0.25, -0.2) is 10.2 Å². The minimum Gasteiger partial charge on any atom is -0.507 e. The van der Waals surface area contributed by atoms with E-state index in [0.29, 0.717) is 11.3 Å². The summed E-state index contributed by atoms with van der Waals surface area (Å²) in [4.78, 5) is 23.4. The number of rotatable bonds is 6. The van der Waals surface area contributed by atoms with E-state index in [1.807, 2.05) is 24.3 Å². The van der Waals surface area contributed by atoms with Gasteiger partial charge in [-0.15, -0.1) is 0 Å².